The van der Waals surface area contributed by atoms with Crippen LogP contribution in [-0.4, -0.2) is 49.8 Å². The largest absolute Gasteiger partial charge is 0.463 e. The summed E-state index contributed by atoms with van der Waals surface area (Å²) in [4.78, 5) is 11.7. The lowest BCUT2D eigenvalue weighted by atomic mass is 10.1. The number of thiocarbonyl (C=S) groups is 1. The summed E-state index contributed by atoms with van der Waals surface area (Å²) in [5.41, 5.74) is 0. The van der Waals surface area contributed by atoms with E-state index in [2.05, 4.69) is 10.4 Å². The second-order valence-electron chi connectivity index (χ2n) is 4.85. The van der Waals surface area contributed by atoms with E-state index in [9.17, 15) is 10.0 Å². The molecule has 0 spiro atoms. The molecule has 1 aliphatic rings. The quantitative estimate of drug-likeness (QED) is 0.383. The van der Waals surface area contributed by atoms with E-state index < -0.39 is 16.9 Å². The van der Waals surface area contributed by atoms with Crippen molar-refractivity contribution >= 4 is 40.5 Å². The van der Waals surface area contributed by atoms with E-state index >= 15 is 0 Å². The minimum atomic E-state index is -0.721. The van der Waals surface area contributed by atoms with Crippen LogP contribution in [0.4, 0.5) is 4.79 Å². The number of amides is 2. The Labute approximate surface area is 131 Å². The van der Waals surface area contributed by atoms with Crippen molar-refractivity contribution in [2.45, 2.75) is 24.8 Å². The first kappa shape index (κ1) is 15.8. The number of hydrogen-bond donors (Lipinski definition) is 2. The fourth-order valence-electron chi connectivity index (χ4n) is 1.94. The SMILES string of the molecule is CNC(=O)N(O)[C@H]1N(/N=C\c2ccco2)C(=S)SC1(C)C. The number of hydrogen-bond acceptors (Lipinski definition) is 6. The summed E-state index contributed by atoms with van der Waals surface area (Å²) in [6, 6.07) is 2.85. The minimum Gasteiger partial charge on any atom is -0.463 e. The average Bonchev–Trinajstić information content (AvgIpc) is 3.00. The topological polar surface area (TPSA) is 81.3 Å². The Hall–Kier alpha value is -1.58. The maximum Gasteiger partial charge on any atom is 0.343 e. The summed E-state index contributed by atoms with van der Waals surface area (Å²) in [5, 5.41) is 18.7. The lowest BCUT2D eigenvalue weighted by molar-refractivity contribution is -0.117. The lowest BCUT2D eigenvalue weighted by Gasteiger charge is -2.33. The highest BCUT2D eigenvalue weighted by atomic mass is 32.2. The van der Waals surface area contributed by atoms with Crippen LogP contribution >= 0.6 is 24.0 Å². The molecule has 1 aliphatic heterocycles. The molecule has 0 radical (unpaired) electrons. The molecule has 7 nitrogen and oxygen atoms in total. The fourth-order valence-corrected chi connectivity index (χ4v) is 3.72. The molecule has 114 valence electrons. The molecule has 0 aliphatic carbocycles. The predicted molar refractivity (Wildman–Crippen MR) is 84.3 cm³/mol. The van der Waals surface area contributed by atoms with Crippen molar-refractivity contribution in [2.24, 2.45) is 5.10 Å². The molecule has 0 aromatic carbocycles. The van der Waals surface area contributed by atoms with Crippen molar-refractivity contribution in [1.29, 1.82) is 0 Å². The third kappa shape index (κ3) is 3.20. The fraction of sp³-hybridized carbons (Fsp3) is 0.417. The molecule has 1 atom stereocenters. The van der Waals surface area contributed by atoms with E-state index in [0.717, 1.165) is 0 Å². The van der Waals surface area contributed by atoms with E-state index in [4.69, 9.17) is 16.6 Å². The minimum absolute atomic E-state index is 0.468. The molecule has 1 aromatic heterocycles. The van der Waals surface area contributed by atoms with Crippen LogP contribution in [0.25, 0.3) is 0 Å². The Kier molecular flexibility index (Phi) is 4.55. The van der Waals surface area contributed by atoms with Crippen molar-refractivity contribution in [3.05, 3.63) is 24.2 Å². The molecule has 2 amide bonds. The van der Waals surface area contributed by atoms with Crippen LogP contribution in [0.3, 0.4) is 0 Å². The van der Waals surface area contributed by atoms with Crippen LogP contribution in [0.15, 0.2) is 27.9 Å². The van der Waals surface area contributed by atoms with Gasteiger partial charge in [-0.05, 0) is 26.0 Å². The smallest absolute Gasteiger partial charge is 0.343 e. The highest BCUT2D eigenvalue weighted by molar-refractivity contribution is 8.24. The van der Waals surface area contributed by atoms with Crippen molar-refractivity contribution in [2.75, 3.05) is 7.05 Å². The number of carbonyl (C=O) groups is 1. The van der Waals surface area contributed by atoms with Gasteiger partial charge in [-0.3, -0.25) is 5.21 Å². The first-order chi connectivity index (χ1) is 9.86. The molecule has 1 fully saturated rings. The normalized spacial score (nSPS) is 21.0. The summed E-state index contributed by atoms with van der Waals surface area (Å²) in [6.07, 6.45) is 2.29. The maximum atomic E-state index is 11.7. The highest BCUT2D eigenvalue weighted by Gasteiger charge is 2.49. The van der Waals surface area contributed by atoms with Gasteiger partial charge in [-0.15, -0.1) is 0 Å². The zero-order valence-corrected chi connectivity index (χ0v) is 13.4. The van der Waals surface area contributed by atoms with Crippen LogP contribution in [0.2, 0.25) is 0 Å². The third-order valence-electron chi connectivity index (χ3n) is 2.90. The molecule has 0 bridgehead atoms. The van der Waals surface area contributed by atoms with Gasteiger partial charge in [0.2, 0.25) is 0 Å². The van der Waals surface area contributed by atoms with Gasteiger partial charge in [0.1, 0.15) is 5.76 Å². The molecule has 1 aromatic rings. The number of furan rings is 1. The lowest BCUT2D eigenvalue weighted by Crippen LogP contribution is -2.55. The zero-order chi connectivity index (χ0) is 15.6. The van der Waals surface area contributed by atoms with Crippen molar-refractivity contribution in [3.8, 4) is 0 Å². The monoisotopic (exact) mass is 328 g/mol. The molecule has 2 rings (SSSR count). The van der Waals surface area contributed by atoms with Crippen LogP contribution in [0, 0.1) is 0 Å². The Morgan fingerprint density at radius 2 is 2.43 bits per heavy atom. The molecular weight excluding hydrogens is 312 g/mol. The Morgan fingerprint density at radius 1 is 1.71 bits per heavy atom. The predicted octanol–water partition coefficient (Wildman–Crippen LogP) is 2.08. The molecule has 0 unspecified atom stereocenters. The van der Waals surface area contributed by atoms with E-state index in [1.54, 1.807) is 12.1 Å². The van der Waals surface area contributed by atoms with Gasteiger partial charge in [0, 0.05) is 7.05 Å². The number of rotatable bonds is 3. The molecule has 2 N–H and O–H groups in total. The van der Waals surface area contributed by atoms with Crippen LogP contribution < -0.4 is 5.32 Å². The van der Waals surface area contributed by atoms with Gasteiger partial charge in [0.15, 0.2) is 10.5 Å². The Balaban J connectivity index is 2.28. The number of carbonyl (C=O) groups excluding carboxylic acids is 1. The van der Waals surface area contributed by atoms with Crippen LogP contribution in [0.5, 0.6) is 0 Å². The number of hydrazone groups is 1. The molecule has 1 saturated heterocycles. The second-order valence-corrected chi connectivity index (χ2v) is 7.14. The van der Waals surface area contributed by atoms with Crippen LogP contribution in [-0.2, 0) is 0 Å². The zero-order valence-electron chi connectivity index (χ0n) is 11.8. The summed E-state index contributed by atoms with van der Waals surface area (Å²) >= 11 is 6.64. The summed E-state index contributed by atoms with van der Waals surface area (Å²) < 4.78 is 5.12. The Morgan fingerprint density at radius 3 is 3.00 bits per heavy atom. The molecule has 21 heavy (non-hydrogen) atoms. The van der Waals surface area contributed by atoms with Gasteiger partial charge < -0.3 is 9.73 Å². The van der Waals surface area contributed by atoms with Crippen molar-refractivity contribution in [1.82, 2.24) is 15.4 Å². The van der Waals surface area contributed by atoms with E-state index in [1.807, 2.05) is 13.8 Å². The number of urea groups is 1. The first-order valence-electron chi connectivity index (χ1n) is 6.16. The highest BCUT2D eigenvalue weighted by Crippen LogP contribution is 2.42. The number of hydroxylamine groups is 2. The van der Waals surface area contributed by atoms with Gasteiger partial charge >= 0.3 is 6.03 Å². The molecular formula is C12H16N4O3S2. The first-order valence-corrected chi connectivity index (χ1v) is 7.39. The molecule has 0 saturated carbocycles. The van der Waals surface area contributed by atoms with Gasteiger partial charge in [-0.25, -0.2) is 9.80 Å². The number of thioether (sulfide) groups is 1. The number of nitrogens with zero attached hydrogens (tertiary/aromatic N) is 3. The summed E-state index contributed by atoms with van der Waals surface area (Å²) in [5.74, 6) is 0.552. The van der Waals surface area contributed by atoms with Gasteiger partial charge in [-0.1, -0.05) is 24.0 Å². The average molecular weight is 328 g/mol. The van der Waals surface area contributed by atoms with Crippen molar-refractivity contribution in [3.63, 3.8) is 0 Å². The maximum absolute atomic E-state index is 11.7. The molecule has 9 heteroatoms. The van der Waals surface area contributed by atoms with E-state index in [0.29, 0.717) is 15.1 Å². The van der Waals surface area contributed by atoms with E-state index in [-0.39, 0.29) is 0 Å². The van der Waals surface area contributed by atoms with E-state index in [1.165, 1.54) is 36.3 Å². The second kappa shape index (κ2) is 6.04. The van der Waals surface area contributed by atoms with Crippen molar-refractivity contribution < 1.29 is 14.4 Å². The van der Waals surface area contributed by atoms with Gasteiger partial charge in [0.05, 0.1) is 17.2 Å². The Bertz CT molecular complexity index is 559. The van der Waals surface area contributed by atoms with Crippen LogP contribution in [0.1, 0.15) is 19.6 Å². The number of nitrogens with one attached hydrogen (secondary N) is 1. The standard InChI is InChI=1S/C12H16N4O3S2/c1-12(2)9(16(18)10(17)13-3)15(11(20)21-12)14-7-8-5-4-6-19-8/h4-7,9,18H,1-3H3,(H,13,17)/b14-7-/t9-/m1/s1. The molecule has 2 heterocycles. The summed E-state index contributed by atoms with van der Waals surface area (Å²) in [7, 11) is 1.44. The van der Waals surface area contributed by atoms with Gasteiger partial charge in [-0.2, -0.15) is 10.2 Å². The summed E-state index contributed by atoms with van der Waals surface area (Å²) in [6.45, 7) is 3.76. The van der Waals surface area contributed by atoms with Gasteiger partial charge in [0.25, 0.3) is 0 Å². The third-order valence-corrected chi connectivity index (χ3v) is 4.43.